The number of rotatable bonds is 6. The normalized spacial score (nSPS) is 15.1. The Hall–Kier alpha value is -1.27. The summed E-state index contributed by atoms with van der Waals surface area (Å²) in [4.78, 5) is 0. The van der Waals surface area contributed by atoms with E-state index in [9.17, 15) is 18.3 Å². The molecule has 3 nitrogen and oxygen atoms in total. The third-order valence-corrected chi connectivity index (χ3v) is 3.49. The van der Waals surface area contributed by atoms with Crippen LogP contribution in [0.1, 0.15) is 31.9 Å². The molecule has 0 bridgehead atoms. The Morgan fingerprint density at radius 1 is 1.29 bits per heavy atom. The Morgan fingerprint density at radius 2 is 1.90 bits per heavy atom. The number of hydrogen-bond donors (Lipinski definition) is 2. The molecular weight excluding hydrogens is 283 g/mol. The fourth-order valence-corrected chi connectivity index (χ4v) is 1.63. The first-order valence-corrected chi connectivity index (χ1v) is 6.78. The lowest BCUT2D eigenvalue weighted by molar-refractivity contribution is -0.139. The van der Waals surface area contributed by atoms with Gasteiger partial charge in [-0.05, 0) is 37.6 Å². The van der Waals surface area contributed by atoms with Crippen LogP contribution in [0, 0.1) is 5.92 Å². The molecule has 1 aromatic carbocycles. The monoisotopic (exact) mass is 305 g/mol. The topological polar surface area (TPSA) is 41.5 Å². The molecule has 0 heterocycles. The summed E-state index contributed by atoms with van der Waals surface area (Å²) in [7, 11) is 1.66. The highest BCUT2D eigenvalue weighted by Crippen LogP contribution is 2.37. The molecule has 0 aliphatic heterocycles. The van der Waals surface area contributed by atoms with E-state index in [2.05, 4.69) is 5.32 Å². The highest BCUT2D eigenvalue weighted by molar-refractivity contribution is 5.39. The van der Waals surface area contributed by atoms with Gasteiger partial charge in [0.25, 0.3) is 0 Å². The minimum Gasteiger partial charge on any atom is -0.490 e. The molecule has 1 rings (SSSR count). The van der Waals surface area contributed by atoms with E-state index in [0.29, 0.717) is 12.1 Å². The number of ether oxygens (including phenoxy) is 1. The predicted octanol–water partition coefficient (Wildman–Crippen LogP) is 3.21. The summed E-state index contributed by atoms with van der Waals surface area (Å²) in [5.74, 6) is -0.390. The molecule has 0 radical (unpaired) electrons. The molecule has 0 aromatic heterocycles. The second-order valence-electron chi connectivity index (χ2n) is 5.66. The lowest BCUT2D eigenvalue weighted by Crippen LogP contribution is -2.38. The van der Waals surface area contributed by atoms with E-state index in [1.807, 2.05) is 0 Å². The molecule has 0 saturated heterocycles. The number of nitrogens with one attached hydrogen (secondary N) is 1. The van der Waals surface area contributed by atoms with Crippen LogP contribution in [-0.4, -0.2) is 24.4 Å². The average Bonchev–Trinajstić information content (AvgIpc) is 2.36. The van der Waals surface area contributed by atoms with Gasteiger partial charge in [0.1, 0.15) is 12.4 Å². The lowest BCUT2D eigenvalue weighted by atomic mass is 9.94. The van der Waals surface area contributed by atoms with Crippen LogP contribution in [0.25, 0.3) is 0 Å². The lowest BCUT2D eigenvalue weighted by Gasteiger charge is -2.28. The zero-order valence-corrected chi connectivity index (χ0v) is 12.7. The van der Waals surface area contributed by atoms with E-state index < -0.39 is 17.3 Å². The molecule has 21 heavy (non-hydrogen) atoms. The highest BCUT2D eigenvalue weighted by atomic mass is 19.4. The van der Waals surface area contributed by atoms with Crippen LogP contribution >= 0.6 is 0 Å². The van der Waals surface area contributed by atoms with Gasteiger partial charge in [0.15, 0.2) is 0 Å². The molecule has 6 heteroatoms. The zero-order chi connectivity index (χ0) is 16.3. The van der Waals surface area contributed by atoms with Gasteiger partial charge < -0.3 is 15.2 Å². The second-order valence-corrected chi connectivity index (χ2v) is 5.66. The number of benzene rings is 1. The Morgan fingerprint density at radius 3 is 2.38 bits per heavy atom. The molecule has 0 aliphatic rings. The summed E-state index contributed by atoms with van der Waals surface area (Å²) >= 11 is 0. The van der Waals surface area contributed by atoms with Crippen molar-refractivity contribution in [2.75, 3.05) is 13.7 Å². The minimum atomic E-state index is -4.50. The molecule has 0 spiro atoms. The summed E-state index contributed by atoms with van der Waals surface area (Å²) in [6.07, 6.45) is -4.50. The van der Waals surface area contributed by atoms with Crippen molar-refractivity contribution < 1.29 is 23.0 Å². The van der Waals surface area contributed by atoms with Gasteiger partial charge in [-0.2, -0.15) is 13.2 Å². The van der Waals surface area contributed by atoms with Gasteiger partial charge >= 0.3 is 6.18 Å². The molecule has 0 amide bonds. The molecule has 120 valence electrons. The summed E-state index contributed by atoms with van der Waals surface area (Å²) in [5, 5.41) is 12.9. The third-order valence-electron chi connectivity index (χ3n) is 3.49. The standard InChI is InChI=1S/C15H22F3NO2/c1-10(2)14(3,20)9-21-13-6-5-11(8-19-4)7-12(13)15(16,17)18/h5-7,10,19-20H,8-9H2,1-4H3. The largest absolute Gasteiger partial charge is 0.490 e. The van der Waals surface area contributed by atoms with Crippen LogP contribution in [0.2, 0.25) is 0 Å². The van der Waals surface area contributed by atoms with Gasteiger partial charge in [-0.1, -0.05) is 19.9 Å². The zero-order valence-electron chi connectivity index (χ0n) is 12.7. The van der Waals surface area contributed by atoms with Crippen LogP contribution in [0.4, 0.5) is 13.2 Å². The third kappa shape index (κ3) is 4.89. The first-order chi connectivity index (χ1) is 9.58. The smallest absolute Gasteiger partial charge is 0.419 e. The van der Waals surface area contributed by atoms with Gasteiger partial charge in [-0.3, -0.25) is 0 Å². The van der Waals surface area contributed by atoms with Crippen molar-refractivity contribution in [3.63, 3.8) is 0 Å². The number of aliphatic hydroxyl groups is 1. The van der Waals surface area contributed by atoms with E-state index in [4.69, 9.17) is 4.74 Å². The van der Waals surface area contributed by atoms with Crippen LogP contribution < -0.4 is 10.1 Å². The van der Waals surface area contributed by atoms with E-state index >= 15 is 0 Å². The van der Waals surface area contributed by atoms with Crippen LogP contribution in [0.3, 0.4) is 0 Å². The van der Waals surface area contributed by atoms with Crippen LogP contribution in [0.15, 0.2) is 18.2 Å². The molecular formula is C15H22F3NO2. The fraction of sp³-hybridized carbons (Fsp3) is 0.600. The SMILES string of the molecule is CNCc1ccc(OCC(C)(O)C(C)C)c(C(F)(F)F)c1. The van der Waals surface area contributed by atoms with Crippen molar-refractivity contribution in [3.8, 4) is 5.75 Å². The quantitative estimate of drug-likeness (QED) is 0.848. The van der Waals surface area contributed by atoms with Gasteiger partial charge in [0.2, 0.25) is 0 Å². The van der Waals surface area contributed by atoms with E-state index in [-0.39, 0.29) is 18.3 Å². The Kier molecular flexibility index (Phi) is 5.64. The van der Waals surface area contributed by atoms with Crippen molar-refractivity contribution >= 4 is 0 Å². The summed E-state index contributed by atoms with van der Waals surface area (Å²) in [6, 6.07) is 3.94. The summed E-state index contributed by atoms with van der Waals surface area (Å²) in [6.45, 7) is 5.25. The number of alkyl halides is 3. The second kappa shape index (κ2) is 6.66. The Balaban J connectivity index is 3.01. The maximum atomic E-state index is 13.1. The van der Waals surface area contributed by atoms with Crippen molar-refractivity contribution in [2.24, 2.45) is 5.92 Å². The summed E-state index contributed by atoms with van der Waals surface area (Å²) in [5.41, 5.74) is -1.49. The molecule has 1 aromatic rings. The first kappa shape index (κ1) is 17.8. The summed E-state index contributed by atoms with van der Waals surface area (Å²) < 4.78 is 44.5. The van der Waals surface area contributed by atoms with Gasteiger partial charge in [-0.25, -0.2) is 0 Å². The van der Waals surface area contributed by atoms with E-state index in [1.165, 1.54) is 6.07 Å². The fourth-order valence-electron chi connectivity index (χ4n) is 1.63. The van der Waals surface area contributed by atoms with E-state index in [1.54, 1.807) is 33.9 Å². The average molecular weight is 305 g/mol. The first-order valence-electron chi connectivity index (χ1n) is 6.78. The maximum absolute atomic E-state index is 13.1. The minimum absolute atomic E-state index is 0.129. The van der Waals surface area contributed by atoms with Crippen LogP contribution in [0.5, 0.6) is 5.75 Å². The van der Waals surface area contributed by atoms with Gasteiger partial charge in [0.05, 0.1) is 11.2 Å². The highest BCUT2D eigenvalue weighted by Gasteiger charge is 2.35. The Bertz CT molecular complexity index is 470. The van der Waals surface area contributed by atoms with Crippen molar-refractivity contribution in [1.82, 2.24) is 5.32 Å². The van der Waals surface area contributed by atoms with Crippen LogP contribution in [-0.2, 0) is 12.7 Å². The maximum Gasteiger partial charge on any atom is 0.419 e. The predicted molar refractivity (Wildman–Crippen MR) is 75.2 cm³/mol. The van der Waals surface area contributed by atoms with Gasteiger partial charge in [0, 0.05) is 6.54 Å². The van der Waals surface area contributed by atoms with Gasteiger partial charge in [-0.15, -0.1) is 0 Å². The molecule has 2 N–H and O–H groups in total. The van der Waals surface area contributed by atoms with Crippen molar-refractivity contribution in [3.05, 3.63) is 29.3 Å². The van der Waals surface area contributed by atoms with E-state index in [0.717, 1.165) is 6.07 Å². The molecule has 0 aliphatic carbocycles. The Labute approximate surface area is 123 Å². The number of halogens is 3. The van der Waals surface area contributed by atoms with Crippen molar-refractivity contribution in [1.29, 1.82) is 0 Å². The molecule has 1 unspecified atom stereocenters. The van der Waals surface area contributed by atoms with Crippen molar-refractivity contribution in [2.45, 2.75) is 39.1 Å². The molecule has 0 saturated carbocycles. The molecule has 1 atom stereocenters. The molecule has 0 fully saturated rings. The number of hydrogen-bond acceptors (Lipinski definition) is 3.